The van der Waals surface area contributed by atoms with Gasteiger partial charge in [-0.15, -0.1) is 0 Å². The topological polar surface area (TPSA) is 38.5 Å². The molecule has 1 atom stereocenters. The van der Waals surface area contributed by atoms with E-state index in [4.69, 9.17) is 10.5 Å². The number of hydrogen-bond acceptors (Lipinski definition) is 3. The summed E-state index contributed by atoms with van der Waals surface area (Å²) < 4.78 is 18.6. The fraction of sp³-hybridized carbons (Fsp3) is 0.538. The van der Waals surface area contributed by atoms with Crippen LogP contribution in [0.25, 0.3) is 0 Å². The fourth-order valence-corrected chi connectivity index (χ4v) is 2.16. The number of hydrogen-bond donors (Lipinski definition) is 1. The summed E-state index contributed by atoms with van der Waals surface area (Å²) in [5.41, 5.74) is 6.71. The Labute approximate surface area is 101 Å². The van der Waals surface area contributed by atoms with E-state index in [0.717, 1.165) is 5.56 Å². The van der Waals surface area contributed by atoms with Gasteiger partial charge in [-0.1, -0.05) is 6.07 Å². The number of rotatable bonds is 5. The van der Waals surface area contributed by atoms with Crippen LogP contribution in [0.4, 0.5) is 4.39 Å². The summed E-state index contributed by atoms with van der Waals surface area (Å²) in [6.45, 7) is 0.499. The molecule has 1 aliphatic carbocycles. The summed E-state index contributed by atoms with van der Waals surface area (Å²) in [7, 11) is 3.52. The van der Waals surface area contributed by atoms with Crippen molar-refractivity contribution in [3.63, 3.8) is 0 Å². The third-order valence-electron chi connectivity index (χ3n) is 3.40. The van der Waals surface area contributed by atoms with Crippen LogP contribution >= 0.6 is 0 Å². The molecule has 0 saturated heterocycles. The van der Waals surface area contributed by atoms with Gasteiger partial charge in [0.15, 0.2) is 11.6 Å². The Kier molecular flexibility index (Phi) is 3.64. The zero-order valence-corrected chi connectivity index (χ0v) is 10.3. The van der Waals surface area contributed by atoms with Crippen molar-refractivity contribution in [1.82, 2.24) is 4.90 Å². The summed E-state index contributed by atoms with van der Waals surface area (Å²) in [5.74, 6) is -0.0498. The van der Waals surface area contributed by atoms with Gasteiger partial charge in [0.25, 0.3) is 0 Å². The molecule has 1 fully saturated rings. The van der Waals surface area contributed by atoms with Crippen LogP contribution in [-0.4, -0.2) is 31.6 Å². The molecule has 3 nitrogen and oxygen atoms in total. The fourth-order valence-electron chi connectivity index (χ4n) is 2.16. The van der Waals surface area contributed by atoms with Crippen LogP contribution in [-0.2, 0) is 0 Å². The molecule has 1 aliphatic rings. The average Bonchev–Trinajstić information content (AvgIpc) is 3.14. The van der Waals surface area contributed by atoms with Gasteiger partial charge in [-0.2, -0.15) is 0 Å². The van der Waals surface area contributed by atoms with E-state index in [0.29, 0.717) is 12.6 Å². The summed E-state index contributed by atoms with van der Waals surface area (Å²) in [6, 6.07) is 5.76. The molecule has 0 spiro atoms. The maximum absolute atomic E-state index is 13.6. The van der Waals surface area contributed by atoms with Gasteiger partial charge in [0.05, 0.1) is 7.11 Å². The number of ether oxygens (including phenoxy) is 1. The van der Waals surface area contributed by atoms with Crippen molar-refractivity contribution in [1.29, 1.82) is 0 Å². The van der Waals surface area contributed by atoms with Crippen LogP contribution in [0.1, 0.15) is 24.4 Å². The first-order valence-corrected chi connectivity index (χ1v) is 5.92. The van der Waals surface area contributed by atoms with E-state index in [1.165, 1.54) is 26.0 Å². The van der Waals surface area contributed by atoms with E-state index in [9.17, 15) is 4.39 Å². The average molecular weight is 238 g/mol. The van der Waals surface area contributed by atoms with Gasteiger partial charge in [0.2, 0.25) is 0 Å². The first-order chi connectivity index (χ1) is 8.17. The lowest BCUT2D eigenvalue weighted by atomic mass is 10.1. The second-order valence-corrected chi connectivity index (χ2v) is 4.54. The van der Waals surface area contributed by atoms with Crippen molar-refractivity contribution < 1.29 is 9.13 Å². The first kappa shape index (κ1) is 12.3. The van der Waals surface area contributed by atoms with Gasteiger partial charge in [0.1, 0.15) is 0 Å². The standard InChI is InChI=1S/C13H19FN2O/c1-16(10-4-5-10)12(8-15)9-3-6-13(17-2)11(14)7-9/h3,6-7,10,12H,4-5,8,15H2,1-2H3. The SMILES string of the molecule is COc1ccc(C(CN)N(C)C2CC2)cc1F. The normalized spacial score (nSPS) is 17.2. The van der Waals surface area contributed by atoms with Crippen molar-refractivity contribution >= 4 is 0 Å². The van der Waals surface area contributed by atoms with Crippen molar-refractivity contribution in [2.75, 3.05) is 20.7 Å². The third-order valence-corrected chi connectivity index (χ3v) is 3.40. The molecule has 0 amide bonds. The lowest BCUT2D eigenvalue weighted by Crippen LogP contribution is -2.32. The largest absolute Gasteiger partial charge is 0.494 e. The first-order valence-electron chi connectivity index (χ1n) is 5.92. The Balaban J connectivity index is 2.21. The van der Waals surface area contributed by atoms with Gasteiger partial charge in [0, 0.05) is 18.6 Å². The van der Waals surface area contributed by atoms with E-state index in [1.54, 1.807) is 6.07 Å². The number of benzene rings is 1. The van der Waals surface area contributed by atoms with Gasteiger partial charge < -0.3 is 10.5 Å². The van der Waals surface area contributed by atoms with Crippen molar-refractivity contribution in [3.8, 4) is 5.75 Å². The lowest BCUT2D eigenvalue weighted by molar-refractivity contribution is 0.239. The number of nitrogens with two attached hydrogens (primary N) is 1. The molecular weight excluding hydrogens is 219 g/mol. The second kappa shape index (κ2) is 5.02. The highest BCUT2D eigenvalue weighted by atomic mass is 19.1. The van der Waals surface area contributed by atoms with Crippen LogP contribution in [0.2, 0.25) is 0 Å². The summed E-state index contributed by atoms with van der Waals surface area (Å²) in [4.78, 5) is 2.24. The van der Waals surface area contributed by atoms with E-state index in [-0.39, 0.29) is 17.6 Å². The Morgan fingerprint density at radius 1 is 1.53 bits per heavy atom. The molecule has 1 unspecified atom stereocenters. The van der Waals surface area contributed by atoms with Crippen molar-refractivity contribution in [2.24, 2.45) is 5.73 Å². The van der Waals surface area contributed by atoms with E-state index in [1.807, 2.05) is 6.07 Å². The van der Waals surface area contributed by atoms with Gasteiger partial charge in [-0.05, 0) is 37.6 Å². The number of methoxy groups -OCH3 is 1. The van der Waals surface area contributed by atoms with Crippen LogP contribution in [0.5, 0.6) is 5.75 Å². The lowest BCUT2D eigenvalue weighted by Gasteiger charge is -2.27. The van der Waals surface area contributed by atoms with Crippen LogP contribution in [0.15, 0.2) is 18.2 Å². The molecule has 0 bridgehead atoms. The Hall–Kier alpha value is -1.13. The van der Waals surface area contributed by atoms with Crippen molar-refractivity contribution in [3.05, 3.63) is 29.6 Å². The molecule has 1 aromatic rings. The van der Waals surface area contributed by atoms with Crippen LogP contribution < -0.4 is 10.5 Å². The molecule has 0 radical (unpaired) electrons. The molecule has 4 heteroatoms. The summed E-state index contributed by atoms with van der Waals surface area (Å²) in [6.07, 6.45) is 2.43. The van der Waals surface area contributed by atoms with Gasteiger partial charge in [-0.3, -0.25) is 4.90 Å². The van der Waals surface area contributed by atoms with Crippen LogP contribution in [0, 0.1) is 5.82 Å². The quantitative estimate of drug-likeness (QED) is 0.852. The molecule has 17 heavy (non-hydrogen) atoms. The molecule has 0 aliphatic heterocycles. The minimum Gasteiger partial charge on any atom is -0.494 e. The zero-order valence-electron chi connectivity index (χ0n) is 10.3. The Morgan fingerprint density at radius 2 is 2.24 bits per heavy atom. The highest BCUT2D eigenvalue weighted by Crippen LogP contribution is 2.33. The van der Waals surface area contributed by atoms with Crippen molar-refractivity contribution in [2.45, 2.75) is 24.9 Å². The number of nitrogens with zero attached hydrogens (tertiary/aromatic N) is 1. The minimum absolute atomic E-state index is 0.0860. The number of halogens is 1. The molecule has 94 valence electrons. The number of likely N-dealkylation sites (N-methyl/N-ethyl adjacent to an activating group) is 1. The molecule has 0 aromatic heterocycles. The molecule has 1 aromatic carbocycles. The highest BCUT2D eigenvalue weighted by Gasteiger charge is 2.31. The monoisotopic (exact) mass is 238 g/mol. The smallest absolute Gasteiger partial charge is 0.165 e. The van der Waals surface area contributed by atoms with E-state index in [2.05, 4.69) is 11.9 Å². The zero-order chi connectivity index (χ0) is 12.4. The van der Waals surface area contributed by atoms with E-state index >= 15 is 0 Å². The molecule has 2 rings (SSSR count). The highest BCUT2D eigenvalue weighted by molar-refractivity contribution is 5.31. The Morgan fingerprint density at radius 3 is 2.71 bits per heavy atom. The minimum atomic E-state index is -0.326. The third kappa shape index (κ3) is 2.58. The van der Waals surface area contributed by atoms with E-state index < -0.39 is 0 Å². The molecule has 1 saturated carbocycles. The van der Waals surface area contributed by atoms with Gasteiger partial charge >= 0.3 is 0 Å². The van der Waals surface area contributed by atoms with Gasteiger partial charge in [-0.25, -0.2) is 4.39 Å². The predicted octanol–water partition coefficient (Wildman–Crippen LogP) is 1.93. The maximum Gasteiger partial charge on any atom is 0.165 e. The molecular formula is C13H19FN2O. The van der Waals surface area contributed by atoms with Crippen LogP contribution in [0.3, 0.4) is 0 Å². The predicted molar refractivity (Wildman–Crippen MR) is 65.5 cm³/mol. The maximum atomic E-state index is 13.6. The molecule has 2 N–H and O–H groups in total. The second-order valence-electron chi connectivity index (χ2n) is 4.54. The molecule has 0 heterocycles. The summed E-state index contributed by atoms with van der Waals surface area (Å²) in [5, 5.41) is 0. The summed E-state index contributed by atoms with van der Waals surface area (Å²) >= 11 is 0. The Bertz CT molecular complexity index is 393.